The largest absolute Gasteiger partial charge is 0.487 e. The minimum atomic E-state index is -0.0211. The molecule has 0 fully saturated rings. The number of hydrogen-bond acceptors (Lipinski definition) is 7. The van der Waals surface area contributed by atoms with Crippen LogP contribution in [0.1, 0.15) is 23.2 Å². The zero-order chi connectivity index (χ0) is 17.8. The van der Waals surface area contributed by atoms with E-state index in [1.807, 2.05) is 19.1 Å². The van der Waals surface area contributed by atoms with Crippen LogP contribution in [-0.2, 0) is 6.42 Å². The van der Waals surface area contributed by atoms with Gasteiger partial charge in [-0.3, -0.25) is 4.98 Å². The summed E-state index contributed by atoms with van der Waals surface area (Å²) in [7, 11) is 0. The highest BCUT2D eigenvalue weighted by Crippen LogP contribution is 2.33. The van der Waals surface area contributed by atoms with Gasteiger partial charge >= 0.3 is 0 Å². The van der Waals surface area contributed by atoms with Gasteiger partial charge in [0.2, 0.25) is 0 Å². The number of hydrogen-bond donors (Lipinski definition) is 2. The number of nitrogens with zero attached hydrogens (tertiary/aromatic N) is 3. The molecule has 0 spiro atoms. The number of nitrogens with one attached hydrogen (secondary N) is 1. The number of anilines is 1. The third kappa shape index (κ3) is 4.05. The Labute approximate surface area is 151 Å². The van der Waals surface area contributed by atoms with Gasteiger partial charge in [-0.1, -0.05) is 0 Å². The molecule has 132 valence electrons. The predicted molar refractivity (Wildman–Crippen MR) is 102 cm³/mol. The first-order valence-corrected chi connectivity index (χ1v) is 9.17. The molecule has 0 aliphatic rings. The van der Waals surface area contributed by atoms with Crippen molar-refractivity contribution in [1.82, 2.24) is 15.0 Å². The van der Waals surface area contributed by atoms with Gasteiger partial charge in [0, 0.05) is 17.5 Å². The van der Waals surface area contributed by atoms with Crippen LogP contribution < -0.4 is 15.8 Å². The minimum absolute atomic E-state index is 0.0211. The summed E-state index contributed by atoms with van der Waals surface area (Å²) in [6.07, 6.45) is 4.09. The van der Waals surface area contributed by atoms with E-state index in [0.29, 0.717) is 19.5 Å². The molecule has 0 aliphatic heterocycles. The topological polar surface area (TPSA) is 86.0 Å². The molecule has 0 saturated carbocycles. The van der Waals surface area contributed by atoms with Crippen molar-refractivity contribution < 1.29 is 4.74 Å². The second-order valence-corrected chi connectivity index (χ2v) is 7.19. The van der Waals surface area contributed by atoms with Crippen molar-refractivity contribution in [3.8, 4) is 5.75 Å². The first kappa shape index (κ1) is 17.6. The summed E-state index contributed by atoms with van der Waals surface area (Å²) in [5.74, 6) is 2.40. The summed E-state index contributed by atoms with van der Waals surface area (Å²) in [4.78, 5) is 15.7. The highest BCUT2D eigenvalue weighted by atomic mass is 32.1. The van der Waals surface area contributed by atoms with Crippen LogP contribution in [0.3, 0.4) is 0 Å². The van der Waals surface area contributed by atoms with Gasteiger partial charge in [0.15, 0.2) is 0 Å². The Balaban J connectivity index is 1.79. The van der Waals surface area contributed by atoms with E-state index in [4.69, 9.17) is 10.5 Å². The highest BCUT2D eigenvalue weighted by molar-refractivity contribution is 7.18. The summed E-state index contributed by atoms with van der Waals surface area (Å²) in [5.41, 5.74) is 6.90. The molecule has 3 heterocycles. The smallest absolute Gasteiger partial charge is 0.138 e. The lowest BCUT2D eigenvalue weighted by atomic mass is 10.2. The van der Waals surface area contributed by atoms with E-state index in [2.05, 4.69) is 34.1 Å². The lowest BCUT2D eigenvalue weighted by molar-refractivity contribution is 0.234. The average Bonchev–Trinajstić information content (AvgIpc) is 2.88. The van der Waals surface area contributed by atoms with Crippen LogP contribution in [0, 0.1) is 13.8 Å². The van der Waals surface area contributed by atoms with E-state index in [0.717, 1.165) is 27.6 Å². The van der Waals surface area contributed by atoms with Crippen LogP contribution >= 0.6 is 11.3 Å². The van der Waals surface area contributed by atoms with Gasteiger partial charge in [0.05, 0.1) is 18.1 Å². The van der Waals surface area contributed by atoms with E-state index < -0.39 is 0 Å². The molecule has 0 saturated heterocycles. The molecule has 25 heavy (non-hydrogen) atoms. The van der Waals surface area contributed by atoms with Crippen molar-refractivity contribution >= 4 is 27.4 Å². The predicted octanol–water partition coefficient (Wildman–Crippen LogP) is 3.08. The summed E-state index contributed by atoms with van der Waals surface area (Å²) in [6, 6.07) is 3.76. The first-order valence-electron chi connectivity index (χ1n) is 8.35. The lowest BCUT2D eigenvalue weighted by Gasteiger charge is -2.16. The number of pyridine rings is 1. The molecule has 3 rings (SSSR count). The standard InChI is InChI=1S/C18H23N5OS/c1-11(24-14-5-4-8-20-10-14)9-21-17-16-12(2)13(3)25-18(16)23-15(22-17)6-7-19/h4-5,8,10-11H,6-7,9,19H2,1-3H3,(H,21,22,23)/t11-/m1/s1. The molecule has 0 radical (unpaired) electrons. The maximum Gasteiger partial charge on any atom is 0.138 e. The Morgan fingerprint density at radius 1 is 1.32 bits per heavy atom. The minimum Gasteiger partial charge on any atom is -0.487 e. The van der Waals surface area contributed by atoms with Crippen molar-refractivity contribution in [2.45, 2.75) is 33.3 Å². The third-order valence-corrected chi connectivity index (χ3v) is 5.07. The fourth-order valence-electron chi connectivity index (χ4n) is 2.59. The van der Waals surface area contributed by atoms with Crippen LogP contribution in [0.5, 0.6) is 5.75 Å². The normalized spacial score (nSPS) is 12.3. The van der Waals surface area contributed by atoms with Crippen molar-refractivity contribution in [2.24, 2.45) is 5.73 Å². The number of fused-ring (bicyclic) bond motifs is 1. The first-order chi connectivity index (χ1) is 12.1. The van der Waals surface area contributed by atoms with E-state index in [-0.39, 0.29) is 6.10 Å². The zero-order valence-electron chi connectivity index (χ0n) is 14.7. The Morgan fingerprint density at radius 3 is 2.88 bits per heavy atom. The molecule has 0 bridgehead atoms. The molecule has 0 aromatic carbocycles. The van der Waals surface area contributed by atoms with Crippen LogP contribution in [0.2, 0.25) is 0 Å². The van der Waals surface area contributed by atoms with Crippen LogP contribution in [0.4, 0.5) is 5.82 Å². The van der Waals surface area contributed by atoms with Gasteiger partial charge in [0.25, 0.3) is 0 Å². The molecule has 0 unspecified atom stereocenters. The van der Waals surface area contributed by atoms with E-state index in [9.17, 15) is 0 Å². The molecule has 7 heteroatoms. The Kier molecular flexibility index (Phi) is 5.45. The lowest BCUT2D eigenvalue weighted by Crippen LogP contribution is -2.23. The quantitative estimate of drug-likeness (QED) is 0.676. The van der Waals surface area contributed by atoms with Gasteiger partial charge in [-0.05, 0) is 45.0 Å². The van der Waals surface area contributed by atoms with Crippen LogP contribution in [-0.4, -0.2) is 34.1 Å². The molecular formula is C18H23N5OS. The summed E-state index contributed by atoms with van der Waals surface area (Å²) in [5, 5.41) is 4.52. The van der Waals surface area contributed by atoms with Crippen molar-refractivity contribution in [1.29, 1.82) is 0 Å². The molecule has 6 nitrogen and oxygen atoms in total. The number of rotatable bonds is 7. The number of thiophene rings is 1. The zero-order valence-corrected chi connectivity index (χ0v) is 15.6. The van der Waals surface area contributed by atoms with Crippen LogP contribution in [0.25, 0.3) is 10.2 Å². The fraction of sp³-hybridized carbons (Fsp3) is 0.389. The van der Waals surface area contributed by atoms with Crippen molar-refractivity contribution in [2.75, 3.05) is 18.4 Å². The van der Waals surface area contributed by atoms with E-state index >= 15 is 0 Å². The van der Waals surface area contributed by atoms with Crippen LogP contribution in [0.15, 0.2) is 24.5 Å². The van der Waals surface area contributed by atoms with Gasteiger partial charge in [-0.25, -0.2) is 9.97 Å². The fourth-order valence-corrected chi connectivity index (χ4v) is 3.64. The molecule has 3 aromatic heterocycles. The monoisotopic (exact) mass is 357 g/mol. The molecular weight excluding hydrogens is 334 g/mol. The molecule has 3 N–H and O–H groups in total. The summed E-state index contributed by atoms with van der Waals surface area (Å²) >= 11 is 1.70. The molecule has 3 aromatic rings. The number of nitrogens with two attached hydrogens (primary N) is 1. The number of aryl methyl sites for hydroxylation is 2. The van der Waals surface area contributed by atoms with E-state index in [1.54, 1.807) is 23.7 Å². The van der Waals surface area contributed by atoms with Gasteiger partial charge < -0.3 is 15.8 Å². The SMILES string of the molecule is Cc1sc2nc(CCN)nc(NC[C@@H](C)Oc3cccnc3)c2c1C. The number of ether oxygens (including phenoxy) is 1. The summed E-state index contributed by atoms with van der Waals surface area (Å²) in [6.45, 7) is 7.42. The van der Waals surface area contributed by atoms with Crippen molar-refractivity contribution in [3.05, 3.63) is 40.8 Å². The second-order valence-electron chi connectivity index (χ2n) is 5.99. The van der Waals surface area contributed by atoms with Gasteiger partial charge in [-0.15, -0.1) is 11.3 Å². The third-order valence-electron chi connectivity index (χ3n) is 3.97. The van der Waals surface area contributed by atoms with Gasteiger partial charge in [-0.2, -0.15) is 0 Å². The average molecular weight is 357 g/mol. The molecule has 1 atom stereocenters. The summed E-state index contributed by atoms with van der Waals surface area (Å²) < 4.78 is 5.88. The maximum atomic E-state index is 5.88. The van der Waals surface area contributed by atoms with Crippen molar-refractivity contribution in [3.63, 3.8) is 0 Å². The maximum absolute atomic E-state index is 5.88. The molecule has 0 aliphatic carbocycles. The second kappa shape index (κ2) is 7.76. The van der Waals surface area contributed by atoms with E-state index in [1.165, 1.54) is 10.4 Å². The Bertz CT molecular complexity index is 850. The number of aromatic nitrogens is 3. The molecule has 0 amide bonds. The highest BCUT2D eigenvalue weighted by Gasteiger charge is 2.15. The Morgan fingerprint density at radius 2 is 2.16 bits per heavy atom. The van der Waals surface area contributed by atoms with Gasteiger partial charge in [0.1, 0.15) is 28.3 Å². The Hall–Kier alpha value is -2.25.